The minimum atomic E-state index is -0.453. The molecular weight excluding hydrogens is 295 g/mol. The van der Waals surface area contributed by atoms with Gasteiger partial charge in [0.1, 0.15) is 5.82 Å². The van der Waals surface area contributed by atoms with E-state index in [1.807, 2.05) is 13.8 Å². The van der Waals surface area contributed by atoms with Crippen LogP contribution in [-0.4, -0.2) is 18.4 Å². The minimum absolute atomic E-state index is 0.00897. The number of rotatable bonds is 4. The Morgan fingerprint density at radius 2 is 2.19 bits per heavy atom. The standard InChI is InChI=1S/C15H18ClFN2O2/c1-8(2)14(11-4-3-10(16)6-12(11)17)19-15(21)9-5-13(20)18-7-9/h3-4,6,8-9,14H,5,7H2,1-2H3,(H,18,20)(H,19,21)/t9-,14+/m1/s1. The average molecular weight is 313 g/mol. The SMILES string of the molecule is CC(C)[C@H](NC(=O)[C@H]1CNC(=O)C1)c1ccc(Cl)cc1F. The van der Waals surface area contributed by atoms with E-state index in [4.69, 9.17) is 11.6 Å². The van der Waals surface area contributed by atoms with Crippen molar-refractivity contribution >= 4 is 23.4 Å². The molecule has 1 aliphatic heterocycles. The van der Waals surface area contributed by atoms with Crippen molar-refractivity contribution < 1.29 is 14.0 Å². The quantitative estimate of drug-likeness (QED) is 0.897. The molecule has 21 heavy (non-hydrogen) atoms. The van der Waals surface area contributed by atoms with Gasteiger partial charge in [0.2, 0.25) is 11.8 Å². The minimum Gasteiger partial charge on any atom is -0.355 e. The first-order chi connectivity index (χ1) is 9.88. The van der Waals surface area contributed by atoms with Crippen LogP contribution in [-0.2, 0) is 9.59 Å². The topological polar surface area (TPSA) is 58.2 Å². The molecule has 0 spiro atoms. The van der Waals surface area contributed by atoms with E-state index in [0.29, 0.717) is 17.1 Å². The lowest BCUT2D eigenvalue weighted by molar-refractivity contribution is -0.127. The van der Waals surface area contributed by atoms with Crippen LogP contribution in [0.5, 0.6) is 0 Å². The predicted octanol–water partition coefficient (Wildman–Crippen LogP) is 2.43. The number of carbonyl (C=O) groups is 2. The Kier molecular flexibility index (Phi) is 4.83. The maximum atomic E-state index is 14.0. The Morgan fingerprint density at radius 1 is 1.48 bits per heavy atom. The molecule has 114 valence electrons. The molecule has 2 amide bonds. The van der Waals surface area contributed by atoms with Crippen LogP contribution in [0.1, 0.15) is 31.9 Å². The van der Waals surface area contributed by atoms with E-state index in [2.05, 4.69) is 10.6 Å². The Hall–Kier alpha value is -1.62. The first kappa shape index (κ1) is 15.8. The summed E-state index contributed by atoms with van der Waals surface area (Å²) in [7, 11) is 0. The van der Waals surface area contributed by atoms with E-state index >= 15 is 0 Å². The Morgan fingerprint density at radius 3 is 2.71 bits per heavy atom. The van der Waals surface area contributed by atoms with Crippen molar-refractivity contribution in [1.29, 1.82) is 0 Å². The Bertz CT molecular complexity index is 563. The van der Waals surface area contributed by atoms with Crippen molar-refractivity contribution in [2.75, 3.05) is 6.54 Å². The van der Waals surface area contributed by atoms with Crippen LogP contribution in [0.15, 0.2) is 18.2 Å². The summed E-state index contributed by atoms with van der Waals surface area (Å²) in [4.78, 5) is 23.4. The lowest BCUT2D eigenvalue weighted by Crippen LogP contribution is -2.37. The summed E-state index contributed by atoms with van der Waals surface area (Å²) in [6.45, 7) is 4.13. The van der Waals surface area contributed by atoms with Gasteiger partial charge < -0.3 is 10.6 Å². The summed E-state index contributed by atoms with van der Waals surface area (Å²) in [5, 5.41) is 5.78. The molecule has 4 nitrogen and oxygen atoms in total. The van der Waals surface area contributed by atoms with Gasteiger partial charge in [0.05, 0.1) is 12.0 Å². The summed E-state index contributed by atoms with van der Waals surface area (Å²) >= 11 is 5.75. The van der Waals surface area contributed by atoms with Crippen LogP contribution in [0, 0.1) is 17.7 Å². The van der Waals surface area contributed by atoms with Crippen molar-refractivity contribution in [1.82, 2.24) is 10.6 Å². The molecule has 1 heterocycles. The third kappa shape index (κ3) is 3.73. The molecule has 0 bridgehead atoms. The van der Waals surface area contributed by atoms with Gasteiger partial charge in [-0.25, -0.2) is 4.39 Å². The monoisotopic (exact) mass is 312 g/mol. The molecule has 1 aromatic carbocycles. The molecule has 1 saturated heterocycles. The lowest BCUT2D eigenvalue weighted by Gasteiger charge is -2.24. The van der Waals surface area contributed by atoms with E-state index in [1.54, 1.807) is 12.1 Å². The number of amides is 2. The maximum Gasteiger partial charge on any atom is 0.225 e. The fourth-order valence-corrected chi connectivity index (χ4v) is 2.58. The molecule has 0 radical (unpaired) electrons. The highest BCUT2D eigenvalue weighted by Gasteiger charge is 2.30. The average Bonchev–Trinajstić information content (AvgIpc) is 2.83. The number of benzene rings is 1. The second-order valence-electron chi connectivity index (χ2n) is 5.60. The molecule has 0 aliphatic carbocycles. The summed E-state index contributed by atoms with van der Waals surface area (Å²) in [5.74, 6) is -1.19. The molecule has 0 saturated carbocycles. The number of nitrogens with one attached hydrogen (secondary N) is 2. The zero-order chi connectivity index (χ0) is 15.6. The first-order valence-corrected chi connectivity index (χ1v) is 7.28. The molecule has 1 fully saturated rings. The number of hydrogen-bond acceptors (Lipinski definition) is 2. The van der Waals surface area contributed by atoms with Gasteiger partial charge in [-0.3, -0.25) is 9.59 Å². The fourth-order valence-electron chi connectivity index (χ4n) is 2.42. The number of hydrogen-bond donors (Lipinski definition) is 2. The Balaban J connectivity index is 2.16. The zero-order valence-corrected chi connectivity index (χ0v) is 12.7. The zero-order valence-electron chi connectivity index (χ0n) is 12.0. The molecule has 0 aromatic heterocycles. The highest BCUT2D eigenvalue weighted by Crippen LogP contribution is 2.27. The van der Waals surface area contributed by atoms with Crippen molar-refractivity contribution in [2.24, 2.45) is 11.8 Å². The molecule has 0 unspecified atom stereocenters. The molecule has 2 N–H and O–H groups in total. The largest absolute Gasteiger partial charge is 0.355 e. The van der Waals surface area contributed by atoms with E-state index in [9.17, 15) is 14.0 Å². The highest BCUT2D eigenvalue weighted by molar-refractivity contribution is 6.30. The summed E-state index contributed by atoms with van der Waals surface area (Å²) in [6.07, 6.45) is 0.180. The number of carbonyl (C=O) groups excluding carboxylic acids is 2. The van der Waals surface area contributed by atoms with Crippen LogP contribution in [0.25, 0.3) is 0 Å². The summed E-state index contributed by atoms with van der Waals surface area (Å²) in [6, 6.07) is 3.97. The first-order valence-electron chi connectivity index (χ1n) is 6.90. The van der Waals surface area contributed by atoms with E-state index < -0.39 is 17.8 Å². The highest BCUT2D eigenvalue weighted by atomic mass is 35.5. The molecule has 6 heteroatoms. The van der Waals surface area contributed by atoms with Gasteiger partial charge in [0, 0.05) is 23.6 Å². The van der Waals surface area contributed by atoms with Gasteiger partial charge in [-0.15, -0.1) is 0 Å². The molecule has 2 atom stereocenters. The molecule has 1 aromatic rings. The van der Waals surface area contributed by atoms with Gasteiger partial charge in [0.15, 0.2) is 0 Å². The molecule has 2 rings (SSSR count). The Labute approximate surface area is 128 Å². The van der Waals surface area contributed by atoms with Crippen molar-refractivity contribution in [2.45, 2.75) is 26.3 Å². The molecular formula is C15H18ClFN2O2. The van der Waals surface area contributed by atoms with Gasteiger partial charge in [-0.2, -0.15) is 0 Å². The fraction of sp³-hybridized carbons (Fsp3) is 0.467. The van der Waals surface area contributed by atoms with Gasteiger partial charge >= 0.3 is 0 Å². The smallest absolute Gasteiger partial charge is 0.225 e. The van der Waals surface area contributed by atoms with E-state index in [1.165, 1.54) is 6.07 Å². The van der Waals surface area contributed by atoms with Crippen molar-refractivity contribution in [3.05, 3.63) is 34.6 Å². The van der Waals surface area contributed by atoms with Crippen LogP contribution in [0.3, 0.4) is 0 Å². The van der Waals surface area contributed by atoms with Crippen LogP contribution in [0.2, 0.25) is 5.02 Å². The van der Waals surface area contributed by atoms with E-state index in [0.717, 1.165) is 0 Å². The van der Waals surface area contributed by atoms with Gasteiger partial charge in [0.25, 0.3) is 0 Å². The van der Waals surface area contributed by atoms with Crippen LogP contribution < -0.4 is 10.6 Å². The predicted molar refractivity (Wildman–Crippen MR) is 78.2 cm³/mol. The third-order valence-electron chi connectivity index (χ3n) is 3.61. The van der Waals surface area contributed by atoms with Crippen molar-refractivity contribution in [3.63, 3.8) is 0 Å². The molecule has 1 aliphatic rings. The van der Waals surface area contributed by atoms with Gasteiger partial charge in [-0.05, 0) is 18.1 Å². The summed E-state index contributed by atoms with van der Waals surface area (Å²) in [5.41, 5.74) is 0.403. The summed E-state index contributed by atoms with van der Waals surface area (Å²) < 4.78 is 14.0. The van der Waals surface area contributed by atoms with Crippen LogP contribution >= 0.6 is 11.6 Å². The second kappa shape index (κ2) is 6.43. The van der Waals surface area contributed by atoms with Crippen LogP contribution in [0.4, 0.5) is 4.39 Å². The van der Waals surface area contributed by atoms with Gasteiger partial charge in [-0.1, -0.05) is 31.5 Å². The maximum absolute atomic E-state index is 14.0. The lowest BCUT2D eigenvalue weighted by atomic mass is 9.94. The number of halogens is 2. The third-order valence-corrected chi connectivity index (χ3v) is 3.85. The van der Waals surface area contributed by atoms with Crippen molar-refractivity contribution in [3.8, 4) is 0 Å². The normalized spacial score (nSPS) is 19.5. The second-order valence-corrected chi connectivity index (χ2v) is 6.04. The van der Waals surface area contributed by atoms with E-state index in [-0.39, 0.29) is 24.2 Å².